The van der Waals surface area contributed by atoms with Gasteiger partial charge in [0.2, 0.25) is 0 Å². The number of halogens is 4. The third-order valence-corrected chi connectivity index (χ3v) is 5.69. The van der Waals surface area contributed by atoms with Gasteiger partial charge in [0, 0.05) is 19.7 Å². The van der Waals surface area contributed by atoms with Crippen molar-refractivity contribution in [1.29, 1.82) is 0 Å². The van der Waals surface area contributed by atoms with E-state index in [-0.39, 0.29) is 6.61 Å². The average Bonchev–Trinajstić information content (AvgIpc) is 3.01. The number of benzene rings is 2. The number of aromatic nitrogens is 2. The van der Waals surface area contributed by atoms with Gasteiger partial charge in [-0.1, -0.05) is 72.9 Å². The number of nitrogens with zero attached hydrogens (tertiary/aromatic N) is 2. The number of rotatable bonds is 6. The second kappa shape index (κ2) is 8.77. The first kappa shape index (κ1) is 19.0. The van der Waals surface area contributed by atoms with Gasteiger partial charge >= 0.3 is 0 Å². The Labute approximate surface area is 175 Å². The predicted octanol–water partition coefficient (Wildman–Crippen LogP) is 6.77. The molecule has 1 heterocycles. The number of hydrogen-bond donors (Lipinski definition) is 0. The zero-order chi connectivity index (χ0) is 17.8. The Hall–Kier alpha value is -0.730. The van der Waals surface area contributed by atoms with Crippen molar-refractivity contribution in [1.82, 2.24) is 10.2 Å². The second-order valence-corrected chi connectivity index (χ2v) is 8.39. The van der Waals surface area contributed by atoms with Crippen molar-refractivity contribution in [3.05, 3.63) is 66.8 Å². The van der Waals surface area contributed by atoms with Crippen molar-refractivity contribution in [2.24, 2.45) is 0 Å². The summed E-state index contributed by atoms with van der Waals surface area (Å²) in [6.07, 6.45) is 0. The molecule has 0 spiro atoms. The minimum absolute atomic E-state index is 0.136. The van der Waals surface area contributed by atoms with Crippen LogP contribution in [0.25, 0.3) is 0 Å². The Morgan fingerprint density at radius 1 is 1.08 bits per heavy atom. The summed E-state index contributed by atoms with van der Waals surface area (Å²) in [4.78, 5) is 0. The molecule has 0 unspecified atom stereocenters. The van der Waals surface area contributed by atoms with Gasteiger partial charge in [0.1, 0.15) is 5.75 Å². The van der Waals surface area contributed by atoms with Crippen LogP contribution in [-0.2, 0) is 12.4 Å². The highest BCUT2D eigenvalue weighted by molar-refractivity contribution is 9.11. The van der Waals surface area contributed by atoms with E-state index in [1.807, 2.05) is 18.2 Å². The molecule has 130 valence electrons. The van der Waals surface area contributed by atoms with Crippen LogP contribution < -0.4 is 4.74 Å². The first-order valence-electron chi connectivity index (χ1n) is 6.98. The van der Waals surface area contributed by atoms with Crippen LogP contribution in [-0.4, -0.2) is 10.2 Å². The Kier molecular flexibility index (Phi) is 6.68. The molecule has 1 aromatic heterocycles. The highest BCUT2D eigenvalue weighted by atomic mass is 79.9. The molecule has 0 bridgehead atoms. The monoisotopic (exact) mass is 522 g/mol. The summed E-state index contributed by atoms with van der Waals surface area (Å²) < 4.78 is 13.2. The smallest absolute Gasteiger partial charge is 0.277 e. The largest absolute Gasteiger partial charge is 0.482 e. The summed E-state index contributed by atoms with van der Waals surface area (Å²) in [5, 5.41) is 9.45. The SMILES string of the molecule is Clc1ccc(OCc2nnc(SCc3ccc(Br)cc3Br)o2)c(Cl)c1. The lowest BCUT2D eigenvalue weighted by molar-refractivity contribution is 0.252. The zero-order valence-electron chi connectivity index (χ0n) is 12.5. The third-order valence-electron chi connectivity index (χ3n) is 3.06. The molecule has 2 aromatic carbocycles. The predicted molar refractivity (Wildman–Crippen MR) is 106 cm³/mol. The molecule has 0 saturated heterocycles. The molecule has 3 aromatic rings. The van der Waals surface area contributed by atoms with E-state index in [2.05, 4.69) is 42.1 Å². The quantitative estimate of drug-likeness (QED) is 0.333. The maximum absolute atomic E-state index is 6.06. The van der Waals surface area contributed by atoms with Crippen LogP contribution in [0.3, 0.4) is 0 Å². The Morgan fingerprint density at radius 2 is 1.92 bits per heavy atom. The summed E-state index contributed by atoms with van der Waals surface area (Å²) in [6.45, 7) is 0.136. The van der Waals surface area contributed by atoms with Crippen molar-refractivity contribution in [2.45, 2.75) is 17.6 Å². The van der Waals surface area contributed by atoms with Gasteiger partial charge in [-0.05, 0) is 35.9 Å². The fraction of sp³-hybridized carbons (Fsp3) is 0.125. The van der Waals surface area contributed by atoms with Crippen molar-refractivity contribution in [3.63, 3.8) is 0 Å². The van der Waals surface area contributed by atoms with E-state index in [9.17, 15) is 0 Å². The fourth-order valence-electron chi connectivity index (χ4n) is 1.86. The maximum Gasteiger partial charge on any atom is 0.277 e. The molecule has 0 aliphatic carbocycles. The van der Waals surface area contributed by atoms with Gasteiger partial charge in [0.15, 0.2) is 6.61 Å². The number of hydrogen-bond acceptors (Lipinski definition) is 5. The fourth-order valence-corrected chi connectivity index (χ4v) is 4.49. The molecule has 3 rings (SSSR count). The lowest BCUT2D eigenvalue weighted by atomic mass is 10.2. The summed E-state index contributed by atoms with van der Waals surface area (Å²) >= 11 is 20.3. The topological polar surface area (TPSA) is 48.2 Å². The van der Waals surface area contributed by atoms with E-state index < -0.39 is 0 Å². The third kappa shape index (κ3) is 5.37. The van der Waals surface area contributed by atoms with Gasteiger partial charge in [-0.2, -0.15) is 0 Å². The van der Waals surface area contributed by atoms with E-state index in [1.54, 1.807) is 18.2 Å². The van der Waals surface area contributed by atoms with Gasteiger partial charge < -0.3 is 9.15 Å². The van der Waals surface area contributed by atoms with Crippen LogP contribution in [0.15, 0.2) is 55.0 Å². The van der Waals surface area contributed by atoms with E-state index >= 15 is 0 Å². The summed E-state index contributed by atoms with van der Waals surface area (Å²) in [7, 11) is 0. The van der Waals surface area contributed by atoms with Crippen molar-refractivity contribution in [2.75, 3.05) is 0 Å². The van der Waals surface area contributed by atoms with Crippen molar-refractivity contribution < 1.29 is 9.15 Å². The lowest BCUT2D eigenvalue weighted by Gasteiger charge is -2.05. The van der Waals surface area contributed by atoms with Crippen LogP contribution in [0.5, 0.6) is 5.75 Å². The molecule has 0 N–H and O–H groups in total. The highest BCUT2D eigenvalue weighted by Gasteiger charge is 2.10. The molecule has 9 heteroatoms. The standard InChI is InChI=1S/C16H10Br2Cl2N2O2S/c17-10-2-1-9(12(18)5-10)8-25-16-22-21-15(24-16)7-23-14-4-3-11(19)6-13(14)20/h1-6H,7-8H2. The van der Waals surface area contributed by atoms with Gasteiger partial charge in [-0.25, -0.2) is 0 Å². The van der Waals surface area contributed by atoms with Crippen molar-refractivity contribution in [3.8, 4) is 5.75 Å². The average molecular weight is 525 g/mol. The molecule has 0 saturated carbocycles. The van der Waals surface area contributed by atoms with E-state index in [0.29, 0.717) is 32.7 Å². The van der Waals surface area contributed by atoms with Crippen LogP contribution in [0.1, 0.15) is 11.5 Å². The van der Waals surface area contributed by atoms with E-state index in [4.69, 9.17) is 32.4 Å². The minimum atomic E-state index is 0.136. The summed E-state index contributed by atoms with van der Waals surface area (Å²) in [5.74, 6) is 1.60. The minimum Gasteiger partial charge on any atom is -0.482 e. The number of thioether (sulfide) groups is 1. The van der Waals surface area contributed by atoms with E-state index in [1.165, 1.54) is 11.8 Å². The van der Waals surface area contributed by atoms with Crippen LogP contribution in [0.2, 0.25) is 10.0 Å². The van der Waals surface area contributed by atoms with Crippen LogP contribution in [0.4, 0.5) is 0 Å². The highest BCUT2D eigenvalue weighted by Crippen LogP contribution is 2.30. The van der Waals surface area contributed by atoms with Gasteiger partial charge in [-0.15, -0.1) is 10.2 Å². The molecule has 0 amide bonds. The number of ether oxygens (including phenoxy) is 1. The van der Waals surface area contributed by atoms with E-state index in [0.717, 1.165) is 14.5 Å². The molecule has 0 fully saturated rings. The molecular weight excluding hydrogens is 515 g/mol. The van der Waals surface area contributed by atoms with Gasteiger partial charge in [0.25, 0.3) is 11.1 Å². The Balaban J connectivity index is 1.57. The van der Waals surface area contributed by atoms with Gasteiger partial charge in [-0.3, -0.25) is 0 Å². The Bertz CT molecular complexity index is 822. The Morgan fingerprint density at radius 3 is 2.68 bits per heavy atom. The molecular formula is C16H10Br2Cl2N2O2S. The normalized spacial score (nSPS) is 10.9. The molecule has 4 nitrogen and oxygen atoms in total. The summed E-state index contributed by atoms with van der Waals surface area (Å²) in [5.41, 5.74) is 1.14. The molecule has 0 aliphatic rings. The van der Waals surface area contributed by atoms with Crippen LogP contribution >= 0.6 is 66.8 Å². The van der Waals surface area contributed by atoms with Crippen LogP contribution in [0, 0.1) is 0 Å². The van der Waals surface area contributed by atoms with Crippen molar-refractivity contribution >= 4 is 66.8 Å². The molecule has 0 atom stereocenters. The molecule has 25 heavy (non-hydrogen) atoms. The second-order valence-electron chi connectivity index (χ2n) is 4.85. The lowest BCUT2D eigenvalue weighted by Crippen LogP contribution is -1.96. The molecule has 0 aliphatic heterocycles. The summed E-state index contributed by atoms with van der Waals surface area (Å²) in [6, 6.07) is 11.0. The first-order valence-corrected chi connectivity index (χ1v) is 10.3. The molecule has 0 radical (unpaired) electrons. The van der Waals surface area contributed by atoms with Gasteiger partial charge in [0.05, 0.1) is 5.02 Å². The maximum atomic E-state index is 6.06. The zero-order valence-corrected chi connectivity index (χ0v) is 18.0. The first-order chi connectivity index (χ1) is 12.0.